The number of hydrogen-bond acceptors (Lipinski definition) is 7. The van der Waals surface area contributed by atoms with Gasteiger partial charge in [0.25, 0.3) is 5.91 Å². The second kappa shape index (κ2) is 8.77. The number of aryl methyl sites for hydroxylation is 1. The van der Waals surface area contributed by atoms with Crippen molar-refractivity contribution >= 4 is 26.9 Å². The lowest BCUT2D eigenvalue weighted by atomic mass is 10.1. The molecule has 0 N–H and O–H groups in total. The minimum Gasteiger partial charge on any atom is -0.490 e. The molecule has 34 heavy (non-hydrogen) atoms. The van der Waals surface area contributed by atoms with Crippen LogP contribution in [0, 0.1) is 6.92 Å². The normalized spacial score (nSPS) is 16.9. The molecule has 0 bridgehead atoms. The fraction of sp³-hybridized carbons (Fsp3) is 0.333. The van der Waals surface area contributed by atoms with Crippen molar-refractivity contribution in [2.75, 3.05) is 39.4 Å². The molecule has 0 spiro atoms. The molecule has 1 fully saturated rings. The van der Waals surface area contributed by atoms with E-state index in [9.17, 15) is 18.0 Å². The molecule has 5 rings (SSSR count). The molecule has 2 aliphatic rings. The Bertz CT molecular complexity index is 1420. The number of nitrogens with zero attached hydrogens (tertiary/aromatic N) is 2. The van der Waals surface area contributed by atoms with E-state index in [4.69, 9.17) is 13.9 Å². The van der Waals surface area contributed by atoms with E-state index in [1.165, 1.54) is 27.4 Å². The number of piperazine rings is 1. The Morgan fingerprint density at radius 2 is 1.65 bits per heavy atom. The van der Waals surface area contributed by atoms with Gasteiger partial charge in [0.1, 0.15) is 5.58 Å². The van der Waals surface area contributed by atoms with Crippen LogP contribution in [0.2, 0.25) is 0 Å². The fourth-order valence-electron chi connectivity index (χ4n) is 4.12. The number of hydrogen-bond donors (Lipinski definition) is 0. The van der Waals surface area contributed by atoms with Gasteiger partial charge in [-0.3, -0.25) is 9.59 Å². The average molecular weight is 485 g/mol. The van der Waals surface area contributed by atoms with Gasteiger partial charge in [-0.2, -0.15) is 4.31 Å². The number of amides is 1. The first kappa shape index (κ1) is 22.4. The molecule has 0 aliphatic carbocycles. The van der Waals surface area contributed by atoms with Gasteiger partial charge in [-0.15, -0.1) is 0 Å². The Morgan fingerprint density at radius 3 is 2.41 bits per heavy atom. The first-order valence-corrected chi connectivity index (χ1v) is 12.5. The summed E-state index contributed by atoms with van der Waals surface area (Å²) in [6.07, 6.45) is 0.726. The number of fused-ring (bicyclic) bond motifs is 2. The molecule has 0 saturated carbocycles. The van der Waals surface area contributed by atoms with Gasteiger partial charge in [-0.1, -0.05) is 11.6 Å². The van der Waals surface area contributed by atoms with E-state index < -0.39 is 15.9 Å². The van der Waals surface area contributed by atoms with Gasteiger partial charge < -0.3 is 18.8 Å². The van der Waals surface area contributed by atoms with E-state index in [0.29, 0.717) is 35.7 Å². The molecule has 0 atom stereocenters. The van der Waals surface area contributed by atoms with Crippen molar-refractivity contribution in [1.29, 1.82) is 0 Å². The monoisotopic (exact) mass is 484 g/mol. The van der Waals surface area contributed by atoms with Crippen LogP contribution in [0.4, 0.5) is 0 Å². The third-order valence-electron chi connectivity index (χ3n) is 5.98. The first-order chi connectivity index (χ1) is 16.3. The second-order valence-electron chi connectivity index (χ2n) is 8.33. The molecule has 9 nitrogen and oxygen atoms in total. The van der Waals surface area contributed by atoms with Crippen molar-refractivity contribution in [3.63, 3.8) is 0 Å². The van der Waals surface area contributed by atoms with Crippen LogP contribution in [0.15, 0.2) is 56.6 Å². The van der Waals surface area contributed by atoms with Crippen LogP contribution in [-0.4, -0.2) is 62.9 Å². The number of benzene rings is 2. The lowest BCUT2D eigenvalue weighted by molar-refractivity contribution is 0.0666. The van der Waals surface area contributed by atoms with Gasteiger partial charge in [0, 0.05) is 44.7 Å². The molecule has 10 heteroatoms. The van der Waals surface area contributed by atoms with Gasteiger partial charge in [-0.25, -0.2) is 8.42 Å². The SMILES string of the molecule is Cc1ccc2oc(C(=O)N3CCN(S(=O)(=O)c4ccc5c(c4)OCCCO5)CC3)cc(=O)c2c1. The van der Waals surface area contributed by atoms with Crippen LogP contribution in [0.5, 0.6) is 11.5 Å². The maximum atomic E-state index is 13.2. The van der Waals surface area contributed by atoms with Crippen LogP contribution in [-0.2, 0) is 10.0 Å². The van der Waals surface area contributed by atoms with Crippen molar-refractivity contribution in [2.45, 2.75) is 18.2 Å². The van der Waals surface area contributed by atoms with Crippen LogP contribution in [0.1, 0.15) is 22.5 Å². The summed E-state index contributed by atoms with van der Waals surface area (Å²) in [7, 11) is -3.77. The van der Waals surface area contributed by atoms with Crippen molar-refractivity contribution in [1.82, 2.24) is 9.21 Å². The molecule has 0 unspecified atom stereocenters. The largest absolute Gasteiger partial charge is 0.490 e. The molecule has 3 aromatic rings. The number of sulfonamides is 1. The summed E-state index contributed by atoms with van der Waals surface area (Å²) in [4.78, 5) is 27.1. The minimum absolute atomic E-state index is 0.0550. The van der Waals surface area contributed by atoms with Crippen molar-refractivity contribution in [3.05, 3.63) is 64.0 Å². The fourth-order valence-corrected chi connectivity index (χ4v) is 5.55. The Hall–Kier alpha value is -3.37. The molecule has 1 aromatic heterocycles. The van der Waals surface area contributed by atoms with Gasteiger partial charge in [-0.05, 0) is 31.2 Å². The Labute approximate surface area is 196 Å². The lowest BCUT2D eigenvalue weighted by Gasteiger charge is -2.33. The van der Waals surface area contributed by atoms with Gasteiger partial charge in [0.15, 0.2) is 22.7 Å². The smallest absolute Gasteiger partial charge is 0.289 e. The zero-order valence-corrected chi connectivity index (χ0v) is 19.5. The van der Waals surface area contributed by atoms with E-state index in [-0.39, 0.29) is 42.3 Å². The molecule has 178 valence electrons. The summed E-state index contributed by atoms with van der Waals surface area (Å²) in [5.41, 5.74) is 0.978. The van der Waals surface area contributed by atoms with Gasteiger partial charge >= 0.3 is 0 Å². The Balaban J connectivity index is 1.31. The third kappa shape index (κ3) is 4.14. The van der Waals surface area contributed by atoms with Crippen molar-refractivity contribution in [2.24, 2.45) is 0 Å². The molecule has 1 saturated heterocycles. The molecule has 2 aromatic carbocycles. The number of carbonyl (C=O) groups excluding carboxylic acids is 1. The highest BCUT2D eigenvalue weighted by atomic mass is 32.2. The predicted molar refractivity (Wildman–Crippen MR) is 124 cm³/mol. The molecule has 1 amide bonds. The molecule has 2 aliphatic heterocycles. The minimum atomic E-state index is -3.77. The van der Waals surface area contributed by atoms with E-state index in [1.807, 2.05) is 13.0 Å². The standard InChI is InChI=1S/C24H24N2O7S/c1-16-3-5-20-18(13-16)19(27)15-23(33-20)24(28)25-7-9-26(10-8-25)34(29,30)17-4-6-21-22(14-17)32-12-2-11-31-21/h3-6,13-15H,2,7-12H2,1H3. The van der Waals surface area contributed by atoms with Crippen LogP contribution >= 0.6 is 0 Å². The quantitative estimate of drug-likeness (QED) is 0.562. The molecule has 0 radical (unpaired) electrons. The molecule has 3 heterocycles. The zero-order chi connectivity index (χ0) is 23.9. The molecular formula is C24H24N2O7S. The number of rotatable bonds is 3. The lowest BCUT2D eigenvalue weighted by Crippen LogP contribution is -2.50. The van der Waals surface area contributed by atoms with E-state index >= 15 is 0 Å². The van der Waals surface area contributed by atoms with Crippen molar-refractivity contribution in [3.8, 4) is 11.5 Å². The van der Waals surface area contributed by atoms with E-state index in [1.54, 1.807) is 18.2 Å². The highest BCUT2D eigenvalue weighted by Gasteiger charge is 2.32. The van der Waals surface area contributed by atoms with E-state index in [0.717, 1.165) is 12.0 Å². The summed E-state index contributed by atoms with van der Waals surface area (Å²) < 4.78 is 44.6. The summed E-state index contributed by atoms with van der Waals surface area (Å²) >= 11 is 0. The average Bonchev–Trinajstić information content (AvgIpc) is 3.09. The third-order valence-corrected chi connectivity index (χ3v) is 7.87. The molecular weight excluding hydrogens is 460 g/mol. The van der Waals surface area contributed by atoms with Crippen LogP contribution in [0.3, 0.4) is 0 Å². The highest BCUT2D eigenvalue weighted by molar-refractivity contribution is 7.89. The Morgan fingerprint density at radius 1 is 0.912 bits per heavy atom. The maximum absolute atomic E-state index is 13.2. The van der Waals surface area contributed by atoms with Crippen LogP contribution in [0.25, 0.3) is 11.0 Å². The zero-order valence-electron chi connectivity index (χ0n) is 18.7. The van der Waals surface area contributed by atoms with E-state index in [2.05, 4.69) is 0 Å². The Kier molecular flexibility index (Phi) is 5.78. The highest BCUT2D eigenvalue weighted by Crippen LogP contribution is 2.33. The summed E-state index contributed by atoms with van der Waals surface area (Å²) in [5.74, 6) is 0.445. The topological polar surface area (TPSA) is 106 Å². The van der Waals surface area contributed by atoms with Crippen molar-refractivity contribution < 1.29 is 27.1 Å². The second-order valence-corrected chi connectivity index (χ2v) is 10.3. The van der Waals surface area contributed by atoms with Gasteiger partial charge in [0.05, 0.1) is 23.5 Å². The van der Waals surface area contributed by atoms with Crippen LogP contribution < -0.4 is 14.9 Å². The predicted octanol–water partition coefficient (Wildman–Crippen LogP) is 2.41. The first-order valence-electron chi connectivity index (χ1n) is 11.1. The summed E-state index contributed by atoms with van der Waals surface area (Å²) in [6, 6.07) is 11.0. The number of carbonyl (C=O) groups is 1. The summed E-state index contributed by atoms with van der Waals surface area (Å²) in [5, 5.41) is 0.419. The number of ether oxygens (including phenoxy) is 2. The maximum Gasteiger partial charge on any atom is 0.289 e. The summed E-state index contributed by atoms with van der Waals surface area (Å²) in [6.45, 7) is 3.46. The van der Waals surface area contributed by atoms with Gasteiger partial charge in [0.2, 0.25) is 10.0 Å².